The summed E-state index contributed by atoms with van der Waals surface area (Å²) in [7, 11) is 6.30. The highest BCUT2D eigenvalue weighted by Crippen LogP contribution is 2.00. The average Bonchev–Trinajstić information content (AvgIpc) is 2.11. The van der Waals surface area contributed by atoms with E-state index in [0.717, 1.165) is 5.75 Å². The van der Waals surface area contributed by atoms with Gasteiger partial charge in [0, 0.05) is 0 Å². The van der Waals surface area contributed by atoms with Crippen molar-refractivity contribution in [3.05, 3.63) is 0 Å². The lowest BCUT2D eigenvalue weighted by Crippen LogP contribution is -2.41. The van der Waals surface area contributed by atoms with Crippen LogP contribution in [0, 0.1) is 0 Å². The monoisotopic (exact) mass is 201 g/mol. The Balaban J connectivity index is 3.94. The van der Waals surface area contributed by atoms with E-state index < -0.39 is 17.8 Å². The van der Waals surface area contributed by atoms with Crippen LogP contribution in [0.25, 0.3) is 0 Å². The minimum Gasteiger partial charge on any atom is -0.453 e. The molecule has 0 bridgehead atoms. The number of methoxy groups -OCH3 is 1. The van der Waals surface area contributed by atoms with Gasteiger partial charge in [0.05, 0.1) is 18.8 Å². The van der Waals surface area contributed by atoms with Crippen molar-refractivity contribution in [3.8, 4) is 0 Å². The van der Waals surface area contributed by atoms with Gasteiger partial charge >= 0.3 is 6.09 Å². The Hall–Kier alpha value is -0.645. The smallest absolute Gasteiger partial charge is 0.407 e. The number of carbonyl (C=O) groups excluding carboxylic acids is 2. The van der Waals surface area contributed by atoms with Gasteiger partial charge in [-0.1, -0.05) is 0 Å². The molecule has 4 nitrogen and oxygen atoms in total. The Morgan fingerprint density at radius 1 is 1.62 bits per heavy atom. The Labute approximate surface area is 83.2 Å². The van der Waals surface area contributed by atoms with Crippen LogP contribution in [0.1, 0.15) is 6.42 Å². The summed E-state index contributed by atoms with van der Waals surface area (Å²) in [5, 5.41) is 2.35. The standard InChI is InChI=1S/C7H12BNO3S/c1-12-7(11)9-5(6(8)10)3-4-13-2/h5H,3-4H2,1-2H3,(H,9,11). The predicted octanol–water partition coefficient (Wildman–Crippen LogP) is 0.159. The van der Waals surface area contributed by atoms with E-state index in [1.165, 1.54) is 7.11 Å². The van der Waals surface area contributed by atoms with E-state index in [9.17, 15) is 9.59 Å². The number of ether oxygens (including phenoxy) is 1. The molecule has 1 N–H and O–H groups in total. The summed E-state index contributed by atoms with van der Waals surface area (Å²) in [4.78, 5) is 21.5. The third-order valence-corrected chi connectivity index (χ3v) is 2.08. The van der Waals surface area contributed by atoms with Crippen LogP contribution in [-0.2, 0) is 9.53 Å². The molecule has 0 fully saturated rings. The van der Waals surface area contributed by atoms with Crippen LogP contribution in [0.4, 0.5) is 4.79 Å². The van der Waals surface area contributed by atoms with E-state index in [4.69, 9.17) is 7.85 Å². The van der Waals surface area contributed by atoms with E-state index in [1.807, 2.05) is 6.26 Å². The highest BCUT2D eigenvalue weighted by atomic mass is 32.2. The SMILES string of the molecule is [B]C(=O)C(CCSC)NC(=O)OC. The largest absolute Gasteiger partial charge is 0.453 e. The van der Waals surface area contributed by atoms with E-state index >= 15 is 0 Å². The van der Waals surface area contributed by atoms with Crippen LogP contribution in [0.3, 0.4) is 0 Å². The van der Waals surface area contributed by atoms with Gasteiger partial charge in [-0.15, -0.1) is 0 Å². The summed E-state index contributed by atoms with van der Waals surface area (Å²) >= 11 is 1.58. The van der Waals surface area contributed by atoms with E-state index in [0.29, 0.717) is 6.42 Å². The zero-order valence-electron chi connectivity index (χ0n) is 7.70. The molecule has 0 spiro atoms. The number of thioether (sulfide) groups is 1. The lowest BCUT2D eigenvalue weighted by Gasteiger charge is -2.14. The van der Waals surface area contributed by atoms with Gasteiger partial charge in [0.25, 0.3) is 0 Å². The third kappa shape index (κ3) is 5.57. The normalized spacial score (nSPS) is 11.8. The third-order valence-electron chi connectivity index (χ3n) is 1.43. The molecule has 1 unspecified atom stereocenters. The average molecular weight is 201 g/mol. The van der Waals surface area contributed by atoms with Gasteiger partial charge in [-0.3, -0.25) is 0 Å². The van der Waals surface area contributed by atoms with E-state index in [-0.39, 0.29) is 0 Å². The second kappa shape index (κ2) is 6.83. The first-order chi connectivity index (χ1) is 6.11. The zero-order valence-corrected chi connectivity index (χ0v) is 8.52. The number of amides is 1. The fraction of sp³-hybridized carbons (Fsp3) is 0.714. The molecular weight excluding hydrogens is 189 g/mol. The molecule has 0 aliphatic carbocycles. The highest BCUT2D eigenvalue weighted by Gasteiger charge is 2.15. The summed E-state index contributed by atoms with van der Waals surface area (Å²) in [6, 6.07) is -0.639. The first-order valence-corrected chi connectivity index (χ1v) is 5.14. The van der Waals surface area contributed by atoms with Gasteiger partial charge in [-0.25, -0.2) is 4.79 Å². The molecule has 0 aromatic carbocycles. The van der Waals surface area contributed by atoms with Crippen LogP contribution >= 0.6 is 11.8 Å². The number of hydrogen-bond acceptors (Lipinski definition) is 4. The Kier molecular flexibility index (Phi) is 6.49. The summed E-state index contributed by atoms with van der Waals surface area (Å²) in [5.74, 6) is 0.762. The minimum atomic E-state index is -0.639. The van der Waals surface area contributed by atoms with E-state index in [2.05, 4.69) is 10.1 Å². The number of alkyl carbamates (subject to hydrolysis) is 1. The summed E-state index contributed by atoms with van der Waals surface area (Å²) in [5.41, 5.74) is -0.542. The molecule has 72 valence electrons. The maximum Gasteiger partial charge on any atom is 0.407 e. The first kappa shape index (κ1) is 12.4. The van der Waals surface area contributed by atoms with E-state index in [1.54, 1.807) is 11.8 Å². The fourth-order valence-electron chi connectivity index (χ4n) is 0.722. The number of nitrogens with one attached hydrogen (secondary N) is 1. The topological polar surface area (TPSA) is 55.4 Å². The Morgan fingerprint density at radius 2 is 2.23 bits per heavy atom. The molecule has 0 aromatic rings. The van der Waals surface area contributed by atoms with Gasteiger partial charge in [-0.2, -0.15) is 11.8 Å². The molecule has 0 rings (SSSR count). The molecule has 0 saturated heterocycles. The van der Waals surface area contributed by atoms with Crippen molar-refractivity contribution >= 4 is 31.4 Å². The summed E-state index contributed by atoms with van der Waals surface area (Å²) < 4.78 is 4.35. The predicted molar refractivity (Wildman–Crippen MR) is 53.1 cm³/mol. The fourth-order valence-corrected chi connectivity index (χ4v) is 1.19. The van der Waals surface area contributed by atoms with Crippen molar-refractivity contribution in [2.24, 2.45) is 0 Å². The van der Waals surface area contributed by atoms with Crippen molar-refractivity contribution < 1.29 is 14.3 Å². The molecular formula is C7H12BNO3S. The molecule has 0 aliphatic rings. The van der Waals surface area contributed by atoms with Gasteiger partial charge < -0.3 is 14.8 Å². The molecule has 0 aliphatic heterocycles. The molecule has 6 heteroatoms. The van der Waals surface area contributed by atoms with Crippen LogP contribution in [-0.4, -0.2) is 44.8 Å². The molecule has 0 heterocycles. The number of carbonyl (C=O) groups is 2. The number of rotatable bonds is 5. The maximum absolute atomic E-state index is 10.8. The van der Waals surface area contributed by atoms with Crippen molar-refractivity contribution in [1.82, 2.24) is 5.32 Å². The molecule has 1 atom stereocenters. The van der Waals surface area contributed by atoms with Crippen LogP contribution in [0.15, 0.2) is 0 Å². The van der Waals surface area contributed by atoms with Gasteiger partial charge in [0.2, 0.25) is 0 Å². The minimum absolute atomic E-state index is 0.519. The van der Waals surface area contributed by atoms with Crippen LogP contribution in [0.5, 0.6) is 0 Å². The quantitative estimate of drug-likeness (QED) is 0.643. The molecule has 13 heavy (non-hydrogen) atoms. The summed E-state index contributed by atoms with van der Waals surface area (Å²) in [6.07, 6.45) is 1.80. The number of hydrogen-bond donors (Lipinski definition) is 1. The second-order valence-corrected chi connectivity index (χ2v) is 3.36. The van der Waals surface area contributed by atoms with Crippen molar-refractivity contribution in [3.63, 3.8) is 0 Å². The highest BCUT2D eigenvalue weighted by molar-refractivity contribution is 7.98. The first-order valence-electron chi connectivity index (χ1n) is 3.74. The summed E-state index contributed by atoms with van der Waals surface area (Å²) in [6.45, 7) is 0. The Bertz CT molecular complexity index is 189. The van der Waals surface area contributed by atoms with Crippen molar-refractivity contribution in [2.75, 3.05) is 19.1 Å². The lowest BCUT2D eigenvalue weighted by molar-refractivity contribution is -0.113. The van der Waals surface area contributed by atoms with Gasteiger partial charge in [0.15, 0.2) is 7.85 Å². The molecule has 0 saturated carbocycles. The second-order valence-electron chi connectivity index (χ2n) is 2.37. The van der Waals surface area contributed by atoms with Gasteiger partial charge in [-0.05, 0) is 18.4 Å². The van der Waals surface area contributed by atoms with Gasteiger partial charge in [0.1, 0.15) is 0 Å². The van der Waals surface area contributed by atoms with Crippen LogP contribution in [0.2, 0.25) is 0 Å². The van der Waals surface area contributed by atoms with Crippen molar-refractivity contribution in [2.45, 2.75) is 12.5 Å². The molecule has 0 aromatic heterocycles. The lowest BCUT2D eigenvalue weighted by atomic mass is 9.93. The molecule has 2 radical (unpaired) electrons. The maximum atomic E-state index is 10.8. The Morgan fingerprint density at radius 3 is 2.62 bits per heavy atom. The zero-order chi connectivity index (χ0) is 10.3. The van der Waals surface area contributed by atoms with Crippen molar-refractivity contribution in [1.29, 1.82) is 0 Å². The molecule has 1 amide bonds. The van der Waals surface area contributed by atoms with Crippen LogP contribution < -0.4 is 5.32 Å².